The van der Waals surface area contributed by atoms with Crippen LogP contribution < -0.4 is 5.32 Å². The van der Waals surface area contributed by atoms with Gasteiger partial charge in [0.05, 0.1) is 5.70 Å². The van der Waals surface area contributed by atoms with E-state index in [9.17, 15) is 5.11 Å². The summed E-state index contributed by atoms with van der Waals surface area (Å²) in [7, 11) is 0. The van der Waals surface area contributed by atoms with Crippen LogP contribution in [0.5, 0.6) is 0 Å². The first-order chi connectivity index (χ1) is 8.36. The predicted molar refractivity (Wildman–Crippen MR) is 66.9 cm³/mol. The van der Waals surface area contributed by atoms with Gasteiger partial charge in [-0.3, -0.25) is 4.90 Å². The highest BCUT2D eigenvalue weighted by molar-refractivity contribution is 5.22. The molecule has 1 fully saturated rings. The predicted octanol–water partition coefficient (Wildman–Crippen LogP) is 1.32. The SMILES string of the molecule is OC(OCN1CCCCC1)C1=CC=CC=CN1. The van der Waals surface area contributed by atoms with Crippen LogP contribution in [0.25, 0.3) is 0 Å². The first kappa shape index (κ1) is 12.4. The molecule has 0 aromatic carbocycles. The Balaban J connectivity index is 1.76. The summed E-state index contributed by atoms with van der Waals surface area (Å²) in [5.74, 6) is 0. The quantitative estimate of drug-likeness (QED) is 0.723. The molecule has 1 atom stereocenters. The summed E-state index contributed by atoms with van der Waals surface area (Å²) in [5, 5.41) is 12.9. The van der Waals surface area contributed by atoms with E-state index in [0.29, 0.717) is 12.4 Å². The van der Waals surface area contributed by atoms with Crippen LogP contribution in [0.15, 0.2) is 36.2 Å². The molecule has 0 spiro atoms. The molecule has 2 heterocycles. The number of rotatable bonds is 4. The van der Waals surface area contributed by atoms with Crippen molar-refractivity contribution in [3.8, 4) is 0 Å². The molecule has 1 unspecified atom stereocenters. The number of hydrogen-bond acceptors (Lipinski definition) is 4. The summed E-state index contributed by atoms with van der Waals surface area (Å²) >= 11 is 0. The van der Waals surface area contributed by atoms with Crippen molar-refractivity contribution in [3.05, 3.63) is 36.2 Å². The van der Waals surface area contributed by atoms with Gasteiger partial charge in [-0.2, -0.15) is 0 Å². The molecular weight excluding hydrogens is 216 g/mol. The molecule has 0 bridgehead atoms. The van der Waals surface area contributed by atoms with Crippen LogP contribution >= 0.6 is 0 Å². The Morgan fingerprint density at radius 3 is 2.88 bits per heavy atom. The molecule has 0 aromatic rings. The Bertz CT molecular complexity index is 317. The summed E-state index contributed by atoms with van der Waals surface area (Å²) in [4.78, 5) is 2.23. The van der Waals surface area contributed by atoms with Crippen molar-refractivity contribution in [2.45, 2.75) is 25.6 Å². The van der Waals surface area contributed by atoms with Crippen molar-refractivity contribution in [1.29, 1.82) is 0 Å². The normalized spacial score (nSPS) is 22.8. The van der Waals surface area contributed by atoms with Crippen molar-refractivity contribution in [2.75, 3.05) is 19.8 Å². The fraction of sp³-hybridized carbons (Fsp3) is 0.538. The summed E-state index contributed by atoms with van der Waals surface area (Å²) in [6.07, 6.45) is 12.1. The molecule has 0 aliphatic carbocycles. The van der Waals surface area contributed by atoms with Crippen LogP contribution in [0, 0.1) is 0 Å². The Hall–Kier alpha value is -1.10. The van der Waals surface area contributed by atoms with Crippen LogP contribution in [0.4, 0.5) is 0 Å². The first-order valence-electron chi connectivity index (χ1n) is 6.18. The second-order valence-corrected chi connectivity index (χ2v) is 4.34. The monoisotopic (exact) mass is 236 g/mol. The van der Waals surface area contributed by atoms with Crippen molar-refractivity contribution >= 4 is 0 Å². The third-order valence-electron chi connectivity index (χ3n) is 2.97. The van der Waals surface area contributed by atoms with Gasteiger partial charge < -0.3 is 15.2 Å². The van der Waals surface area contributed by atoms with E-state index in [1.54, 1.807) is 6.20 Å². The van der Waals surface area contributed by atoms with Crippen LogP contribution in [0.2, 0.25) is 0 Å². The molecule has 0 saturated carbocycles. The van der Waals surface area contributed by atoms with Gasteiger partial charge in [0.25, 0.3) is 0 Å². The van der Waals surface area contributed by atoms with E-state index in [1.807, 2.05) is 24.3 Å². The Morgan fingerprint density at radius 2 is 2.06 bits per heavy atom. The Morgan fingerprint density at radius 1 is 1.24 bits per heavy atom. The van der Waals surface area contributed by atoms with Gasteiger partial charge in [0.15, 0.2) is 6.29 Å². The van der Waals surface area contributed by atoms with Crippen molar-refractivity contribution < 1.29 is 9.84 Å². The van der Waals surface area contributed by atoms with Gasteiger partial charge in [0.1, 0.15) is 6.73 Å². The van der Waals surface area contributed by atoms with Crippen molar-refractivity contribution in [2.24, 2.45) is 0 Å². The Labute approximate surface area is 102 Å². The molecule has 0 radical (unpaired) electrons. The minimum atomic E-state index is -0.885. The highest BCUT2D eigenvalue weighted by Crippen LogP contribution is 2.10. The number of hydrogen-bond donors (Lipinski definition) is 2. The minimum absolute atomic E-state index is 0.494. The lowest BCUT2D eigenvalue weighted by atomic mass is 10.1. The highest BCUT2D eigenvalue weighted by Gasteiger charge is 2.14. The number of likely N-dealkylation sites (tertiary alicyclic amines) is 1. The molecule has 2 aliphatic heterocycles. The number of nitrogens with one attached hydrogen (secondary N) is 1. The molecule has 2 aliphatic rings. The van der Waals surface area contributed by atoms with E-state index in [4.69, 9.17) is 4.74 Å². The van der Waals surface area contributed by atoms with Gasteiger partial charge in [-0.05, 0) is 25.0 Å². The lowest BCUT2D eigenvalue weighted by molar-refractivity contribution is -0.115. The first-order valence-corrected chi connectivity index (χ1v) is 6.18. The molecule has 1 saturated heterocycles. The Kier molecular flexibility index (Phi) is 4.79. The fourth-order valence-electron chi connectivity index (χ4n) is 1.98. The zero-order valence-corrected chi connectivity index (χ0v) is 10.0. The molecule has 0 amide bonds. The van der Waals surface area contributed by atoms with Gasteiger partial charge >= 0.3 is 0 Å². The van der Waals surface area contributed by atoms with Crippen LogP contribution in [-0.2, 0) is 4.74 Å². The van der Waals surface area contributed by atoms with Gasteiger partial charge in [-0.1, -0.05) is 18.6 Å². The molecular formula is C13H20N2O2. The number of ether oxygens (including phenoxy) is 1. The number of piperidine rings is 1. The molecule has 2 N–H and O–H groups in total. The summed E-state index contributed by atoms with van der Waals surface area (Å²) in [6, 6.07) is 0. The van der Waals surface area contributed by atoms with E-state index in [1.165, 1.54) is 19.3 Å². The van der Waals surface area contributed by atoms with Gasteiger partial charge in [0, 0.05) is 19.3 Å². The average Bonchev–Trinajstić information content (AvgIpc) is 2.66. The molecule has 4 nitrogen and oxygen atoms in total. The zero-order chi connectivity index (χ0) is 11.9. The van der Waals surface area contributed by atoms with Crippen LogP contribution in [0.3, 0.4) is 0 Å². The third-order valence-corrected chi connectivity index (χ3v) is 2.97. The lowest BCUT2D eigenvalue weighted by Gasteiger charge is -2.27. The van der Waals surface area contributed by atoms with Crippen molar-refractivity contribution in [3.63, 3.8) is 0 Å². The largest absolute Gasteiger partial charge is 0.363 e. The lowest BCUT2D eigenvalue weighted by Crippen LogP contribution is -2.35. The summed E-state index contributed by atoms with van der Waals surface area (Å²) < 4.78 is 5.46. The van der Waals surface area contributed by atoms with Gasteiger partial charge in [-0.25, -0.2) is 0 Å². The van der Waals surface area contributed by atoms with E-state index < -0.39 is 6.29 Å². The molecule has 4 heteroatoms. The maximum Gasteiger partial charge on any atom is 0.197 e. The maximum atomic E-state index is 9.88. The molecule has 94 valence electrons. The molecule has 17 heavy (non-hydrogen) atoms. The molecule has 0 aromatic heterocycles. The zero-order valence-electron chi connectivity index (χ0n) is 10.0. The smallest absolute Gasteiger partial charge is 0.197 e. The van der Waals surface area contributed by atoms with E-state index in [0.717, 1.165) is 13.1 Å². The number of nitrogens with zero attached hydrogens (tertiary/aromatic N) is 1. The van der Waals surface area contributed by atoms with E-state index in [2.05, 4.69) is 10.2 Å². The third kappa shape index (κ3) is 4.00. The second-order valence-electron chi connectivity index (χ2n) is 4.34. The summed E-state index contributed by atoms with van der Waals surface area (Å²) in [6.45, 7) is 2.63. The summed E-state index contributed by atoms with van der Waals surface area (Å²) in [5.41, 5.74) is 0.673. The minimum Gasteiger partial charge on any atom is -0.363 e. The average molecular weight is 236 g/mol. The highest BCUT2D eigenvalue weighted by atomic mass is 16.6. The standard InChI is InChI=1S/C13H20N2O2/c16-13(12-7-3-1-4-8-14-12)17-11-15-9-5-2-6-10-15/h1,3-4,7-8,13-14,16H,2,5-6,9-11H2. The maximum absolute atomic E-state index is 9.88. The van der Waals surface area contributed by atoms with E-state index in [-0.39, 0.29) is 0 Å². The second kappa shape index (κ2) is 6.59. The number of aliphatic hydroxyl groups excluding tert-OH is 1. The van der Waals surface area contributed by atoms with Crippen molar-refractivity contribution in [1.82, 2.24) is 10.2 Å². The molecule has 2 rings (SSSR count). The fourth-order valence-corrected chi connectivity index (χ4v) is 1.98. The number of allylic oxidation sites excluding steroid dienone is 4. The van der Waals surface area contributed by atoms with Gasteiger partial charge in [0.2, 0.25) is 0 Å². The topological polar surface area (TPSA) is 44.7 Å². The van der Waals surface area contributed by atoms with Gasteiger partial charge in [-0.15, -0.1) is 0 Å². The van der Waals surface area contributed by atoms with Crippen LogP contribution in [-0.4, -0.2) is 36.1 Å². The number of aliphatic hydroxyl groups is 1. The van der Waals surface area contributed by atoms with Crippen LogP contribution in [0.1, 0.15) is 19.3 Å². The van der Waals surface area contributed by atoms with E-state index >= 15 is 0 Å².